The zero-order chi connectivity index (χ0) is 26.4. The Morgan fingerprint density at radius 3 is 2.32 bits per heavy atom. The van der Waals surface area contributed by atoms with Gasteiger partial charge in [-0.05, 0) is 77.2 Å². The van der Waals surface area contributed by atoms with Crippen molar-refractivity contribution in [2.24, 2.45) is 12.5 Å². The van der Waals surface area contributed by atoms with Crippen LogP contribution in [0.2, 0.25) is 0 Å². The fraction of sp³-hybridized carbons (Fsp3) is 0.364. The maximum absolute atomic E-state index is 7.70. The molecule has 6 aromatic rings. The molecule has 3 aromatic heterocycles. The van der Waals surface area contributed by atoms with E-state index in [1.54, 1.807) is 0 Å². The summed E-state index contributed by atoms with van der Waals surface area (Å²) in [6.45, 7) is 23.1. The van der Waals surface area contributed by atoms with Crippen LogP contribution in [0.25, 0.3) is 54.0 Å². The van der Waals surface area contributed by atoms with Gasteiger partial charge in [0.25, 0.3) is 6.33 Å². The van der Waals surface area contributed by atoms with Gasteiger partial charge in [0.1, 0.15) is 5.52 Å². The van der Waals surface area contributed by atoms with Crippen LogP contribution >= 0.6 is 0 Å². The largest absolute Gasteiger partial charge is 0.311 e. The first-order chi connectivity index (χ1) is 17.4. The van der Waals surface area contributed by atoms with Gasteiger partial charge in [-0.25, -0.2) is 11.1 Å². The number of pyridine rings is 1. The van der Waals surface area contributed by atoms with Crippen LogP contribution in [0.5, 0.6) is 0 Å². The van der Waals surface area contributed by atoms with Gasteiger partial charge in [-0.2, -0.15) is 0 Å². The highest BCUT2D eigenvalue weighted by Crippen LogP contribution is 2.42. The first-order valence-electron chi connectivity index (χ1n) is 13.2. The van der Waals surface area contributed by atoms with Crippen molar-refractivity contribution in [1.29, 1.82) is 0 Å². The summed E-state index contributed by atoms with van der Waals surface area (Å²) in [5.74, 6) is 0. The summed E-state index contributed by atoms with van der Waals surface area (Å²) in [4.78, 5) is 8.79. The highest BCUT2D eigenvalue weighted by molar-refractivity contribution is 6.25. The Bertz CT molecular complexity index is 1920. The molecule has 0 N–H and O–H groups in total. The van der Waals surface area contributed by atoms with Gasteiger partial charge in [-0.15, -0.1) is 0 Å². The molecule has 0 unspecified atom stereocenters. The van der Waals surface area contributed by atoms with Crippen molar-refractivity contribution in [1.82, 2.24) is 9.38 Å². The number of fused-ring (bicyclic) bond motifs is 5. The van der Waals surface area contributed by atoms with E-state index in [2.05, 4.69) is 91.9 Å². The van der Waals surface area contributed by atoms with Crippen LogP contribution in [-0.2, 0) is 19.9 Å². The molecule has 0 bridgehead atoms. The quantitative estimate of drug-likeness (QED) is 0.109. The highest BCUT2D eigenvalue weighted by Gasteiger charge is 2.28. The molecule has 3 aromatic carbocycles. The van der Waals surface area contributed by atoms with Crippen molar-refractivity contribution in [3.05, 3.63) is 76.4 Å². The van der Waals surface area contributed by atoms with Crippen molar-refractivity contribution < 1.29 is 4.57 Å². The van der Waals surface area contributed by atoms with E-state index >= 15 is 0 Å². The third kappa shape index (κ3) is 3.55. The summed E-state index contributed by atoms with van der Waals surface area (Å²) in [5.41, 5.74) is 10.8. The third-order valence-corrected chi connectivity index (χ3v) is 7.90. The molecule has 3 heterocycles. The summed E-state index contributed by atoms with van der Waals surface area (Å²) in [6, 6.07) is 13.9. The fourth-order valence-corrected chi connectivity index (χ4v) is 6.23. The number of benzene rings is 3. The molecule has 0 aliphatic rings. The Morgan fingerprint density at radius 2 is 1.62 bits per heavy atom. The monoisotopic (exact) mass is 487 g/mol. The second-order valence-corrected chi connectivity index (χ2v) is 12.8. The van der Waals surface area contributed by atoms with E-state index in [0.717, 1.165) is 17.5 Å². The maximum Gasteiger partial charge on any atom is 0.287 e. The van der Waals surface area contributed by atoms with Crippen LogP contribution in [0.4, 0.5) is 0 Å². The van der Waals surface area contributed by atoms with Gasteiger partial charge in [-0.1, -0.05) is 32.9 Å². The lowest BCUT2D eigenvalue weighted by Crippen LogP contribution is -2.30. The SMILES string of the molecule is [C-]#[N+]C(C)(C)Cc1cc2nc[n+](C)c3c4c(C)c(C)cc5c6ccc(CC(C)(C)C)cc6n(c(c1)c23)c54. The molecule has 0 fully saturated rings. The molecule has 0 saturated carbocycles. The van der Waals surface area contributed by atoms with Gasteiger partial charge in [-0.3, -0.25) is 0 Å². The fourth-order valence-electron chi connectivity index (χ4n) is 6.23. The predicted octanol–water partition coefficient (Wildman–Crippen LogP) is 7.66. The Balaban J connectivity index is 1.88. The van der Waals surface area contributed by atoms with E-state index in [4.69, 9.17) is 11.6 Å². The smallest absolute Gasteiger partial charge is 0.287 e. The van der Waals surface area contributed by atoms with Crippen LogP contribution in [0, 0.1) is 25.8 Å². The minimum Gasteiger partial charge on any atom is -0.311 e. The molecule has 0 amide bonds. The normalized spacial score (nSPS) is 13.1. The zero-order valence-electron chi connectivity index (χ0n) is 23.2. The van der Waals surface area contributed by atoms with Crippen LogP contribution in [0.15, 0.2) is 42.7 Å². The molecular weight excluding hydrogens is 452 g/mol. The molecule has 6 rings (SSSR count). The molecular formula is C33H35N4+. The van der Waals surface area contributed by atoms with Gasteiger partial charge in [0.05, 0.1) is 40.8 Å². The molecule has 0 saturated heterocycles. The van der Waals surface area contributed by atoms with Crippen LogP contribution in [0.1, 0.15) is 56.9 Å². The Labute approximate surface area is 218 Å². The molecule has 0 aliphatic carbocycles. The Kier molecular flexibility index (Phi) is 4.89. The zero-order valence-corrected chi connectivity index (χ0v) is 23.2. The molecule has 0 atom stereocenters. The highest BCUT2D eigenvalue weighted by atomic mass is 15.0. The Morgan fingerprint density at radius 1 is 0.892 bits per heavy atom. The third-order valence-electron chi connectivity index (χ3n) is 7.90. The van der Waals surface area contributed by atoms with Crippen molar-refractivity contribution >= 4 is 49.1 Å². The van der Waals surface area contributed by atoms with E-state index in [-0.39, 0.29) is 5.41 Å². The Hall–Kier alpha value is -3.71. The number of aryl methyl sites for hydroxylation is 3. The average Bonchev–Trinajstić information content (AvgIpc) is 3.12. The maximum atomic E-state index is 7.70. The van der Waals surface area contributed by atoms with Gasteiger partial charge in [0, 0.05) is 24.6 Å². The van der Waals surface area contributed by atoms with Crippen molar-refractivity contribution in [3.63, 3.8) is 0 Å². The summed E-state index contributed by atoms with van der Waals surface area (Å²) in [5, 5.41) is 5.09. The van der Waals surface area contributed by atoms with Gasteiger partial charge >= 0.3 is 0 Å². The van der Waals surface area contributed by atoms with Gasteiger partial charge in [0.2, 0.25) is 5.54 Å². The second-order valence-electron chi connectivity index (χ2n) is 12.8. The molecule has 0 aliphatic heterocycles. The average molecular weight is 488 g/mol. The number of aromatic nitrogens is 3. The van der Waals surface area contributed by atoms with E-state index in [1.165, 1.54) is 60.3 Å². The van der Waals surface area contributed by atoms with Crippen molar-refractivity contribution in [2.45, 2.75) is 66.8 Å². The molecule has 0 radical (unpaired) electrons. The molecule has 4 nitrogen and oxygen atoms in total. The minimum atomic E-state index is -0.461. The lowest BCUT2D eigenvalue weighted by atomic mass is 9.88. The first kappa shape index (κ1) is 23.7. The van der Waals surface area contributed by atoms with E-state index in [9.17, 15) is 0 Å². The van der Waals surface area contributed by atoms with Crippen molar-refractivity contribution in [2.75, 3.05) is 0 Å². The van der Waals surface area contributed by atoms with Crippen LogP contribution in [-0.4, -0.2) is 14.9 Å². The molecule has 186 valence electrons. The lowest BCUT2D eigenvalue weighted by molar-refractivity contribution is -0.646. The van der Waals surface area contributed by atoms with E-state index in [1.807, 2.05) is 20.2 Å². The number of hydrogen-bond acceptors (Lipinski definition) is 1. The molecule has 4 heteroatoms. The van der Waals surface area contributed by atoms with Crippen molar-refractivity contribution in [3.8, 4) is 0 Å². The number of hydrogen-bond donors (Lipinski definition) is 0. The summed E-state index contributed by atoms with van der Waals surface area (Å²) in [6.07, 6.45) is 3.66. The second kappa shape index (κ2) is 7.65. The van der Waals surface area contributed by atoms with Gasteiger partial charge < -0.3 is 9.25 Å². The summed E-state index contributed by atoms with van der Waals surface area (Å²) < 4.78 is 4.67. The number of nitrogens with zero attached hydrogens (tertiary/aromatic N) is 4. The summed E-state index contributed by atoms with van der Waals surface area (Å²) >= 11 is 0. The minimum absolute atomic E-state index is 0.211. The van der Waals surface area contributed by atoms with Gasteiger partial charge in [0.15, 0.2) is 5.52 Å². The van der Waals surface area contributed by atoms with E-state index < -0.39 is 5.54 Å². The molecule has 37 heavy (non-hydrogen) atoms. The van der Waals surface area contributed by atoms with Crippen LogP contribution < -0.4 is 4.57 Å². The molecule has 0 spiro atoms. The number of rotatable bonds is 3. The van der Waals surface area contributed by atoms with E-state index in [0.29, 0.717) is 6.42 Å². The standard InChI is InChI=1S/C33H35N4/c1-19-12-24-23-11-10-21(16-32(3,4)5)14-26(23)37-27-15-22(17-33(6,7)34-8)13-25-29(27)31(36(9)18-35-25)28(20(19)2)30(24)37/h10-15,18H,16-17H2,1-7,9H3/q+1. The predicted molar refractivity (Wildman–Crippen MR) is 155 cm³/mol. The lowest BCUT2D eigenvalue weighted by Gasteiger charge is -2.18. The summed E-state index contributed by atoms with van der Waals surface area (Å²) in [7, 11) is 2.11. The first-order valence-corrected chi connectivity index (χ1v) is 13.2. The van der Waals surface area contributed by atoms with Crippen LogP contribution in [0.3, 0.4) is 0 Å². The topological polar surface area (TPSA) is 25.5 Å².